The Hall–Kier alpha value is -4.35. The average molecular weight is 567 g/mol. The number of rotatable bonds is 8. The lowest BCUT2D eigenvalue weighted by molar-refractivity contribution is 0.262. The van der Waals surface area contributed by atoms with Gasteiger partial charge in [0.25, 0.3) is 0 Å². The Kier molecular flexibility index (Phi) is 7.93. The largest absolute Gasteiger partial charge is 0.377 e. The molecule has 0 heterocycles. The zero-order valence-corrected chi connectivity index (χ0v) is 23.0. The van der Waals surface area contributed by atoms with Crippen LogP contribution in [0.25, 0.3) is 0 Å². The highest BCUT2D eigenvalue weighted by molar-refractivity contribution is 7.87. The minimum absolute atomic E-state index is 0.0457. The van der Waals surface area contributed by atoms with Gasteiger partial charge in [0.1, 0.15) is 9.79 Å². The standard InChI is InChI=1S/C28H26N2O7S2/c1-19-17-20(2)27(21(3)18-19)39(34,35)37-26-16-10-8-14-24(26)30-28(31)29-23-13-7-9-15-25(23)36-38(32,33)22-11-5-4-6-12-22/h4-18H,1-3H3,(H2,29,30,31). The van der Waals surface area contributed by atoms with Crippen molar-refractivity contribution in [3.8, 4) is 11.5 Å². The average Bonchev–Trinajstić information content (AvgIpc) is 2.86. The quantitative estimate of drug-likeness (QED) is 0.258. The van der Waals surface area contributed by atoms with Crippen molar-refractivity contribution in [3.63, 3.8) is 0 Å². The first-order valence-electron chi connectivity index (χ1n) is 11.7. The van der Waals surface area contributed by atoms with Gasteiger partial charge in [-0.1, -0.05) is 60.2 Å². The monoisotopic (exact) mass is 566 g/mol. The lowest BCUT2D eigenvalue weighted by atomic mass is 10.1. The van der Waals surface area contributed by atoms with Crippen LogP contribution in [0.3, 0.4) is 0 Å². The number of benzene rings is 4. The molecule has 0 aliphatic rings. The number of amides is 2. The highest BCUT2D eigenvalue weighted by atomic mass is 32.2. The molecule has 4 aromatic rings. The molecule has 0 saturated heterocycles. The number of hydrogen-bond acceptors (Lipinski definition) is 7. The number of urea groups is 1. The lowest BCUT2D eigenvalue weighted by Crippen LogP contribution is -2.21. The number of aryl methyl sites for hydroxylation is 3. The third-order valence-corrected chi connectivity index (χ3v) is 8.35. The Labute approximate surface area is 227 Å². The number of carbonyl (C=O) groups is 1. The Morgan fingerprint density at radius 3 is 1.56 bits per heavy atom. The molecular formula is C28H26N2O7S2. The molecule has 0 radical (unpaired) electrons. The zero-order chi connectivity index (χ0) is 28.2. The molecule has 2 amide bonds. The molecule has 4 aromatic carbocycles. The van der Waals surface area contributed by atoms with Crippen LogP contribution in [0.1, 0.15) is 16.7 Å². The molecule has 0 bridgehead atoms. The third-order valence-electron chi connectivity index (χ3n) is 5.56. The fraction of sp³-hybridized carbons (Fsp3) is 0.107. The van der Waals surface area contributed by atoms with Crippen LogP contribution in [-0.4, -0.2) is 22.9 Å². The van der Waals surface area contributed by atoms with Gasteiger partial charge in [0, 0.05) is 0 Å². The fourth-order valence-electron chi connectivity index (χ4n) is 4.04. The van der Waals surface area contributed by atoms with Gasteiger partial charge >= 0.3 is 26.3 Å². The third kappa shape index (κ3) is 6.57. The molecule has 39 heavy (non-hydrogen) atoms. The van der Waals surface area contributed by atoms with E-state index in [0.29, 0.717) is 11.1 Å². The molecule has 0 saturated carbocycles. The van der Waals surface area contributed by atoms with Crippen molar-refractivity contribution in [1.82, 2.24) is 0 Å². The summed E-state index contributed by atoms with van der Waals surface area (Å²) in [5.41, 5.74) is 2.15. The Morgan fingerprint density at radius 1 is 0.615 bits per heavy atom. The molecule has 0 atom stereocenters. The van der Waals surface area contributed by atoms with Crippen molar-refractivity contribution < 1.29 is 30.0 Å². The predicted octanol–water partition coefficient (Wildman–Crippen LogP) is 5.79. The molecule has 0 aromatic heterocycles. The topological polar surface area (TPSA) is 128 Å². The van der Waals surface area contributed by atoms with E-state index in [1.165, 1.54) is 36.4 Å². The van der Waals surface area contributed by atoms with Crippen molar-refractivity contribution in [2.24, 2.45) is 0 Å². The van der Waals surface area contributed by atoms with Gasteiger partial charge in [0.05, 0.1) is 11.4 Å². The van der Waals surface area contributed by atoms with E-state index in [9.17, 15) is 21.6 Å². The molecule has 11 heteroatoms. The number of hydrogen-bond donors (Lipinski definition) is 2. The van der Waals surface area contributed by atoms with Gasteiger partial charge in [-0.2, -0.15) is 16.8 Å². The van der Waals surface area contributed by atoms with Crippen LogP contribution in [0.4, 0.5) is 16.2 Å². The number of para-hydroxylation sites is 4. The van der Waals surface area contributed by atoms with E-state index in [1.807, 2.05) is 6.92 Å². The second-order valence-corrected chi connectivity index (χ2v) is 11.7. The lowest BCUT2D eigenvalue weighted by Gasteiger charge is -2.16. The molecule has 0 aliphatic carbocycles. The number of nitrogens with one attached hydrogen (secondary N) is 2. The van der Waals surface area contributed by atoms with E-state index < -0.39 is 26.3 Å². The Bertz CT molecular complexity index is 1710. The molecular weight excluding hydrogens is 540 g/mol. The maximum Gasteiger partial charge on any atom is 0.339 e. The minimum Gasteiger partial charge on any atom is -0.377 e. The zero-order valence-electron chi connectivity index (χ0n) is 21.3. The summed E-state index contributed by atoms with van der Waals surface area (Å²) >= 11 is 0. The molecule has 4 rings (SSSR count). The summed E-state index contributed by atoms with van der Waals surface area (Å²) < 4.78 is 62.3. The summed E-state index contributed by atoms with van der Waals surface area (Å²) in [4.78, 5) is 12.9. The first-order valence-corrected chi connectivity index (χ1v) is 14.6. The second-order valence-electron chi connectivity index (χ2n) is 8.69. The Balaban J connectivity index is 1.54. The number of carbonyl (C=O) groups excluding carboxylic acids is 1. The van der Waals surface area contributed by atoms with Gasteiger partial charge in [0.2, 0.25) is 0 Å². The first kappa shape index (κ1) is 27.7. The van der Waals surface area contributed by atoms with Crippen LogP contribution in [0.5, 0.6) is 11.5 Å². The van der Waals surface area contributed by atoms with Crippen LogP contribution >= 0.6 is 0 Å². The summed E-state index contributed by atoms with van der Waals surface area (Å²) in [5, 5.41) is 5.08. The van der Waals surface area contributed by atoms with Crippen LogP contribution in [0.2, 0.25) is 0 Å². The first-order chi connectivity index (χ1) is 18.5. The summed E-state index contributed by atoms with van der Waals surface area (Å²) in [7, 11) is -8.37. The SMILES string of the molecule is Cc1cc(C)c(S(=O)(=O)Oc2ccccc2NC(=O)Nc2ccccc2OS(=O)(=O)c2ccccc2)c(C)c1. The highest BCUT2D eigenvalue weighted by Gasteiger charge is 2.24. The van der Waals surface area contributed by atoms with Gasteiger partial charge in [0.15, 0.2) is 11.5 Å². The summed E-state index contributed by atoms with van der Waals surface area (Å²) in [6.45, 7) is 5.24. The summed E-state index contributed by atoms with van der Waals surface area (Å²) in [6, 6.07) is 22.4. The summed E-state index contributed by atoms with van der Waals surface area (Å²) in [5.74, 6) is -0.197. The number of anilines is 2. The van der Waals surface area contributed by atoms with Gasteiger partial charge < -0.3 is 19.0 Å². The normalized spacial score (nSPS) is 11.5. The molecule has 0 fully saturated rings. The highest BCUT2D eigenvalue weighted by Crippen LogP contribution is 2.31. The van der Waals surface area contributed by atoms with Crippen molar-refractivity contribution in [2.45, 2.75) is 30.6 Å². The van der Waals surface area contributed by atoms with E-state index >= 15 is 0 Å². The van der Waals surface area contributed by atoms with Crippen LogP contribution in [0.15, 0.2) is 101 Å². The van der Waals surface area contributed by atoms with E-state index in [2.05, 4.69) is 10.6 Å². The van der Waals surface area contributed by atoms with Crippen LogP contribution < -0.4 is 19.0 Å². The van der Waals surface area contributed by atoms with Gasteiger partial charge in [-0.15, -0.1) is 0 Å². The maximum absolute atomic E-state index is 13.2. The minimum atomic E-state index is -4.22. The van der Waals surface area contributed by atoms with Crippen LogP contribution in [0, 0.1) is 20.8 Å². The van der Waals surface area contributed by atoms with E-state index in [1.54, 1.807) is 68.4 Å². The molecule has 9 nitrogen and oxygen atoms in total. The van der Waals surface area contributed by atoms with Gasteiger partial charge in [-0.05, 0) is 68.3 Å². The van der Waals surface area contributed by atoms with Gasteiger partial charge in [-0.3, -0.25) is 0 Å². The molecule has 0 aliphatic heterocycles. The molecule has 0 spiro atoms. The Morgan fingerprint density at radius 2 is 1.05 bits per heavy atom. The maximum atomic E-state index is 13.2. The molecule has 202 valence electrons. The molecule has 2 N–H and O–H groups in total. The van der Waals surface area contributed by atoms with Crippen LogP contribution in [-0.2, 0) is 20.2 Å². The predicted molar refractivity (Wildman–Crippen MR) is 148 cm³/mol. The molecule has 0 unspecified atom stereocenters. The van der Waals surface area contributed by atoms with E-state index in [4.69, 9.17) is 8.37 Å². The van der Waals surface area contributed by atoms with Crippen molar-refractivity contribution >= 4 is 37.6 Å². The van der Waals surface area contributed by atoms with E-state index in [0.717, 1.165) is 5.56 Å². The van der Waals surface area contributed by atoms with Crippen molar-refractivity contribution in [3.05, 3.63) is 108 Å². The van der Waals surface area contributed by atoms with Crippen molar-refractivity contribution in [2.75, 3.05) is 10.6 Å². The fourth-order valence-corrected chi connectivity index (χ4v) is 6.38. The smallest absolute Gasteiger partial charge is 0.339 e. The second kappa shape index (κ2) is 11.2. The van der Waals surface area contributed by atoms with Gasteiger partial charge in [-0.25, -0.2) is 4.79 Å². The van der Waals surface area contributed by atoms with Crippen molar-refractivity contribution in [1.29, 1.82) is 0 Å². The summed E-state index contributed by atoms with van der Waals surface area (Å²) in [6.07, 6.45) is 0. The van der Waals surface area contributed by atoms with E-state index in [-0.39, 0.29) is 32.7 Å².